The van der Waals surface area contributed by atoms with Crippen LogP contribution in [0.1, 0.15) is 28.2 Å². The first-order chi connectivity index (χ1) is 12.6. The van der Waals surface area contributed by atoms with Crippen LogP contribution in [-0.4, -0.2) is 27.6 Å². The van der Waals surface area contributed by atoms with Crippen LogP contribution in [0.5, 0.6) is 0 Å². The summed E-state index contributed by atoms with van der Waals surface area (Å²) in [4.78, 5) is 13.2. The smallest absolute Gasteiger partial charge is 0.261 e. The number of thiophene rings is 1. The van der Waals surface area contributed by atoms with E-state index in [4.69, 9.17) is 11.6 Å². The molecule has 0 aliphatic heterocycles. The summed E-state index contributed by atoms with van der Waals surface area (Å²) in [5.74, 6) is -0.170. The van der Waals surface area contributed by atoms with E-state index in [2.05, 4.69) is 5.32 Å². The van der Waals surface area contributed by atoms with Crippen molar-refractivity contribution in [2.75, 3.05) is 17.6 Å². The highest BCUT2D eigenvalue weighted by Gasteiger charge is 2.16. The number of benzene rings is 2. The maximum absolute atomic E-state index is 12.6. The van der Waals surface area contributed by atoms with Crippen molar-refractivity contribution in [3.8, 4) is 0 Å². The molecule has 1 N–H and O–H groups in total. The molecule has 2 aromatic carbocycles. The van der Waals surface area contributed by atoms with Crippen LogP contribution in [0.3, 0.4) is 0 Å². The Kier molecular flexibility index (Phi) is 5.46. The second kappa shape index (κ2) is 7.50. The summed E-state index contributed by atoms with van der Waals surface area (Å²) in [5, 5.41) is 4.46. The molecule has 1 atom stereocenters. The van der Waals surface area contributed by atoms with Gasteiger partial charge in [-0.1, -0.05) is 23.7 Å². The van der Waals surface area contributed by atoms with E-state index in [0.717, 1.165) is 21.9 Å². The Morgan fingerprint density at radius 3 is 2.44 bits per heavy atom. The van der Waals surface area contributed by atoms with Gasteiger partial charge in [-0.2, -0.15) is 0 Å². The molecule has 3 rings (SSSR count). The molecule has 1 heterocycles. The third-order valence-electron chi connectivity index (χ3n) is 4.30. The maximum Gasteiger partial charge on any atom is 0.261 e. The summed E-state index contributed by atoms with van der Waals surface area (Å²) in [7, 11) is -1.83. The zero-order chi connectivity index (χ0) is 19.8. The van der Waals surface area contributed by atoms with Gasteiger partial charge in [0.2, 0.25) is 10.0 Å². The summed E-state index contributed by atoms with van der Waals surface area (Å²) in [6, 6.07) is 14.3. The molecule has 5 nitrogen and oxygen atoms in total. The van der Waals surface area contributed by atoms with Crippen molar-refractivity contribution in [1.29, 1.82) is 0 Å². The van der Waals surface area contributed by atoms with Crippen LogP contribution in [-0.2, 0) is 10.0 Å². The number of anilines is 1. The van der Waals surface area contributed by atoms with Crippen LogP contribution >= 0.6 is 22.9 Å². The molecule has 27 heavy (non-hydrogen) atoms. The van der Waals surface area contributed by atoms with Crippen molar-refractivity contribution in [3.05, 3.63) is 64.0 Å². The first-order valence-corrected chi connectivity index (χ1v) is 11.2. The predicted molar refractivity (Wildman–Crippen MR) is 112 cm³/mol. The van der Waals surface area contributed by atoms with Crippen LogP contribution < -0.4 is 9.62 Å². The third-order valence-corrected chi connectivity index (χ3v) is 6.87. The number of rotatable bonds is 5. The van der Waals surface area contributed by atoms with Crippen LogP contribution in [0.15, 0.2) is 48.5 Å². The second-order valence-electron chi connectivity index (χ2n) is 6.31. The largest absolute Gasteiger partial charge is 0.345 e. The average Bonchev–Trinajstić information content (AvgIpc) is 3.04. The molecule has 142 valence electrons. The Morgan fingerprint density at radius 1 is 1.15 bits per heavy atom. The van der Waals surface area contributed by atoms with Crippen molar-refractivity contribution < 1.29 is 13.2 Å². The van der Waals surface area contributed by atoms with Crippen molar-refractivity contribution in [2.24, 2.45) is 0 Å². The lowest BCUT2D eigenvalue weighted by atomic mass is 10.1. The Balaban J connectivity index is 1.82. The number of fused-ring (bicyclic) bond motifs is 1. The number of halogens is 1. The molecule has 0 aliphatic rings. The van der Waals surface area contributed by atoms with Crippen LogP contribution in [0.25, 0.3) is 10.1 Å². The Morgan fingerprint density at radius 2 is 1.81 bits per heavy atom. The molecule has 0 radical (unpaired) electrons. The monoisotopic (exact) mass is 422 g/mol. The molecule has 1 aromatic heterocycles. The summed E-state index contributed by atoms with van der Waals surface area (Å²) < 4.78 is 25.6. The van der Waals surface area contributed by atoms with E-state index < -0.39 is 10.0 Å². The van der Waals surface area contributed by atoms with E-state index in [1.807, 2.05) is 25.1 Å². The summed E-state index contributed by atoms with van der Waals surface area (Å²) in [6.07, 6.45) is 1.15. The van der Waals surface area contributed by atoms with Gasteiger partial charge in [-0.25, -0.2) is 8.42 Å². The van der Waals surface area contributed by atoms with Crippen molar-refractivity contribution in [3.63, 3.8) is 0 Å². The van der Waals surface area contributed by atoms with E-state index >= 15 is 0 Å². The van der Waals surface area contributed by atoms with Gasteiger partial charge in [0.05, 0.1) is 22.9 Å². The number of nitrogens with one attached hydrogen (secondary N) is 1. The average molecular weight is 423 g/mol. The quantitative estimate of drug-likeness (QED) is 0.660. The maximum atomic E-state index is 12.6. The van der Waals surface area contributed by atoms with Gasteiger partial charge in [-0.3, -0.25) is 9.10 Å². The molecular formula is C19H19ClN2O3S2. The zero-order valence-corrected chi connectivity index (χ0v) is 17.5. The molecule has 0 saturated heterocycles. The minimum Gasteiger partial charge on any atom is -0.345 e. The summed E-state index contributed by atoms with van der Waals surface area (Å²) >= 11 is 7.27. The number of carbonyl (C=O) groups is 1. The summed E-state index contributed by atoms with van der Waals surface area (Å²) in [6.45, 7) is 1.91. The topological polar surface area (TPSA) is 66.5 Å². The highest BCUT2D eigenvalue weighted by molar-refractivity contribution is 7.92. The molecule has 1 amide bonds. The van der Waals surface area contributed by atoms with Crippen molar-refractivity contribution in [2.45, 2.75) is 13.0 Å². The fraction of sp³-hybridized carbons (Fsp3) is 0.211. The van der Waals surface area contributed by atoms with E-state index in [9.17, 15) is 13.2 Å². The molecule has 0 spiro atoms. The Labute approximate surface area is 167 Å². The fourth-order valence-corrected chi connectivity index (χ4v) is 4.20. The van der Waals surface area contributed by atoms with Gasteiger partial charge in [0.25, 0.3) is 5.91 Å². The standard InChI is InChI=1S/C19H19ClN2O3S2/c1-12(13-4-6-15(20)7-5-13)21-19(23)18-11-14-10-16(8-9-17(14)26-18)22(2)27(3,24)25/h4-12H,1-3H3,(H,21,23)/t12-/m0/s1. The van der Waals surface area contributed by atoms with Crippen LogP contribution in [0, 0.1) is 0 Å². The minimum atomic E-state index is -3.34. The molecular weight excluding hydrogens is 404 g/mol. The number of carbonyl (C=O) groups excluding carboxylic acids is 1. The van der Waals surface area contributed by atoms with E-state index in [1.165, 1.54) is 22.7 Å². The molecule has 0 fully saturated rings. The number of sulfonamides is 1. The number of nitrogens with zero attached hydrogens (tertiary/aromatic N) is 1. The fourth-order valence-electron chi connectivity index (χ4n) is 2.63. The Hall–Kier alpha value is -2.09. The lowest BCUT2D eigenvalue weighted by Crippen LogP contribution is -2.25. The van der Waals surface area contributed by atoms with Gasteiger partial charge < -0.3 is 5.32 Å². The summed E-state index contributed by atoms with van der Waals surface area (Å²) in [5.41, 5.74) is 1.52. The predicted octanol–water partition coefficient (Wildman–Crippen LogP) is 4.44. The lowest BCUT2D eigenvalue weighted by Gasteiger charge is -2.16. The van der Waals surface area contributed by atoms with Gasteiger partial charge >= 0.3 is 0 Å². The van der Waals surface area contributed by atoms with Gasteiger partial charge in [0.1, 0.15) is 0 Å². The van der Waals surface area contributed by atoms with E-state index in [-0.39, 0.29) is 11.9 Å². The highest BCUT2D eigenvalue weighted by Crippen LogP contribution is 2.30. The SMILES string of the molecule is C[C@H](NC(=O)c1cc2cc(N(C)S(C)(=O)=O)ccc2s1)c1ccc(Cl)cc1. The first-order valence-electron chi connectivity index (χ1n) is 8.19. The normalized spacial score (nSPS) is 12.7. The Bertz CT molecular complexity index is 1090. The first kappa shape index (κ1) is 19.7. The third kappa shape index (κ3) is 4.43. The van der Waals surface area contributed by atoms with E-state index in [0.29, 0.717) is 15.6 Å². The van der Waals surface area contributed by atoms with Gasteiger partial charge in [0, 0.05) is 16.8 Å². The molecule has 3 aromatic rings. The second-order valence-corrected chi connectivity index (χ2v) is 9.84. The molecule has 0 bridgehead atoms. The highest BCUT2D eigenvalue weighted by atomic mass is 35.5. The zero-order valence-electron chi connectivity index (χ0n) is 15.1. The lowest BCUT2D eigenvalue weighted by molar-refractivity contribution is 0.0944. The molecule has 0 unspecified atom stereocenters. The minimum absolute atomic E-state index is 0.160. The van der Waals surface area contributed by atoms with Gasteiger partial charge in [-0.05, 0) is 54.3 Å². The van der Waals surface area contributed by atoms with Gasteiger partial charge in [-0.15, -0.1) is 11.3 Å². The van der Waals surface area contributed by atoms with Gasteiger partial charge in [0.15, 0.2) is 0 Å². The van der Waals surface area contributed by atoms with E-state index in [1.54, 1.807) is 30.3 Å². The van der Waals surface area contributed by atoms with Crippen molar-refractivity contribution in [1.82, 2.24) is 5.32 Å². The number of hydrogen-bond acceptors (Lipinski definition) is 4. The van der Waals surface area contributed by atoms with Crippen LogP contribution in [0.2, 0.25) is 5.02 Å². The molecule has 8 heteroatoms. The number of hydrogen-bond donors (Lipinski definition) is 1. The molecule has 0 saturated carbocycles. The van der Waals surface area contributed by atoms with Crippen molar-refractivity contribution >= 4 is 54.6 Å². The number of amides is 1. The van der Waals surface area contributed by atoms with Crippen LogP contribution in [0.4, 0.5) is 5.69 Å². The molecule has 0 aliphatic carbocycles.